The zero-order valence-electron chi connectivity index (χ0n) is 10.1. The highest BCUT2D eigenvalue weighted by Crippen LogP contribution is 2.29. The van der Waals surface area contributed by atoms with Gasteiger partial charge in [-0.3, -0.25) is 0 Å². The third kappa shape index (κ3) is 5.09. The first-order chi connectivity index (χ1) is 7.63. The lowest BCUT2D eigenvalue weighted by Gasteiger charge is -2.17. The van der Waals surface area contributed by atoms with Crippen LogP contribution in [0.15, 0.2) is 12.1 Å². The van der Waals surface area contributed by atoms with Gasteiger partial charge in [-0.2, -0.15) is 11.8 Å². The maximum atomic E-state index is 5.99. The van der Waals surface area contributed by atoms with Crippen molar-refractivity contribution in [2.75, 3.05) is 12.3 Å². The Morgan fingerprint density at radius 1 is 1.44 bits per heavy atom. The second-order valence-corrected chi connectivity index (χ2v) is 7.39. The molecule has 1 aromatic heterocycles. The lowest BCUT2D eigenvalue weighted by atomic mass is 10.2. The minimum atomic E-state index is 0.449. The van der Waals surface area contributed by atoms with Crippen molar-refractivity contribution < 1.29 is 0 Å². The van der Waals surface area contributed by atoms with E-state index < -0.39 is 0 Å². The number of hydrogen-bond donors (Lipinski definition) is 1. The van der Waals surface area contributed by atoms with E-state index in [-0.39, 0.29) is 0 Å². The number of thiophene rings is 1. The number of thioether (sulfide) groups is 1. The third-order valence-electron chi connectivity index (χ3n) is 2.17. The average Bonchev–Trinajstić information content (AvgIpc) is 2.64. The molecular weight excluding hydrogens is 258 g/mol. The van der Waals surface area contributed by atoms with Crippen molar-refractivity contribution >= 4 is 34.7 Å². The van der Waals surface area contributed by atoms with Crippen LogP contribution in [-0.2, 0) is 0 Å². The maximum Gasteiger partial charge on any atom is 0.0931 e. The zero-order valence-corrected chi connectivity index (χ0v) is 12.5. The number of rotatable bonds is 7. The molecule has 1 atom stereocenters. The first-order valence-corrected chi connectivity index (χ1v) is 7.98. The molecule has 0 bridgehead atoms. The van der Waals surface area contributed by atoms with E-state index in [0.717, 1.165) is 16.6 Å². The average molecular weight is 278 g/mol. The molecule has 0 aliphatic heterocycles. The van der Waals surface area contributed by atoms with Crippen molar-refractivity contribution in [1.29, 1.82) is 0 Å². The van der Waals surface area contributed by atoms with Gasteiger partial charge in [0.25, 0.3) is 0 Å². The van der Waals surface area contributed by atoms with Crippen molar-refractivity contribution in [2.45, 2.75) is 38.5 Å². The normalized spacial score (nSPS) is 13.3. The van der Waals surface area contributed by atoms with Crippen molar-refractivity contribution in [2.24, 2.45) is 0 Å². The molecule has 0 amide bonds. The molecule has 0 fully saturated rings. The molecule has 1 nitrogen and oxygen atoms in total. The molecule has 1 heterocycles. The molecule has 1 N–H and O–H groups in total. The molecule has 92 valence electrons. The summed E-state index contributed by atoms with van der Waals surface area (Å²) in [6.45, 7) is 7.74. The Morgan fingerprint density at radius 3 is 2.69 bits per heavy atom. The second kappa shape index (κ2) is 7.59. The summed E-state index contributed by atoms with van der Waals surface area (Å²) in [6, 6.07) is 4.58. The van der Waals surface area contributed by atoms with Gasteiger partial charge in [0.05, 0.1) is 10.4 Å². The summed E-state index contributed by atoms with van der Waals surface area (Å²) in [6.07, 6.45) is 1.17. The van der Waals surface area contributed by atoms with E-state index in [1.165, 1.54) is 11.3 Å². The van der Waals surface area contributed by atoms with Crippen LogP contribution in [0.4, 0.5) is 0 Å². The molecule has 0 saturated heterocycles. The van der Waals surface area contributed by atoms with Crippen LogP contribution in [0.2, 0.25) is 4.34 Å². The lowest BCUT2D eigenvalue weighted by molar-refractivity contribution is 0.584. The molecule has 16 heavy (non-hydrogen) atoms. The number of halogens is 1. The Hall–Kier alpha value is 0.300. The van der Waals surface area contributed by atoms with E-state index in [4.69, 9.17) is 11.6 Å². The van der Waals surface area contributed by atoms with Crippen LogP contribution in [0.25, 0.3) is 0 Å². The molecule has 1 unspecified atom stereocenters. The standard InChI is InChI=1S/C12H20ClNS2/c1-4-7-14-10(8-15-9(2)3)11-5-6-12(13)16-11/h5-6,9-10,14H,4,7-8H2,1-3H3. The van der Waals surface area contributed by atoms with Crippen LogP contribution < -0.4 is 5.32 Å². The Bertz CT molecular complexity index is 299. The summed E-state index contributed by atoms with van der Waals surface area (Å²) in [5, 5.41) is 4.27. The first kappa shape index (κ1) is 14.4. The predicted octanol–water partition coefficient (Wildman–Crippen LogP) is 4.58. The Kier molecular flexibility index (Phi) is 6.81. The van der Waals surface area contributed by atoms with E-state index >= 15 is 0 Å². The van der Waals surface area contributed by atoms with Crippen LogP contribution >= 0.6 is 34.7 Å². The fourth-order valence-corrected chi connectivity index (χ4v) is 3.48. The summed E-state index contributed by atoms with van der Waals surface area (Å²) in [7, 11) is 0. The monoisotopic (exact) mass is 277 g/mol. The lowest BCUT2D eigenvalue weighted by Crippen LogP contribution is -2.23. The largest absolute Gasteiger partial charge is 0.309 e. The van der Waals surface area contributed by atoms with Crippen LogP contribution in [-0.4, -0.2) is 17.5 Å². The highest BCUT2D eigenvalue weighted by Gasteiger charge is 2.13. The van der Waals surface area contributed by atoms with Crippen LogP contribution in [0.1, 0.15) is 38.1 Å². The first-order valence-electron chi connectivity index (χ1n) is 5.73. The van der Waals surface area contributed by atoms with Crippen LogP contribution in [0.3, 0.4) is 0 Å². The van der Waals surface area contributed by atoms with Crippen molar-refractivity contribution in [3.8, 4) is 0 Å². The Labute approximate surface area is 112 Å². The number of nitrogens with one attached hydrogen (secondary N) is 1. The Morgan fingerprint density at radius 2 is 2.19 bits per heavy atom. The second-order valence-electron chi connectivity index (χ2n) is 4.03. The molecule has 0 saturated carbocycles. The van der Waals surface area contributed by atoms with E-state index in [1.807, 2.05) is 17.8 Å². The molecule has 0 radical (unpaired) electrons. The van der Waals surface area contributed by atoms with Gasteiger partial charge in [-0.1, -0.05) is 32.4 Å². The van der Waals surface area contributed by atoms with E-state index in [2.05, 4.69) is 32.2 Å². The van der Waals surface area contributed by atoms with Gasteiger partial charge >= 0.3 is 0 Å². The minimum Gasteiger partial charge on any atom is -0.309 e. The smallest absolute Gasteiger partial charge is 0.0931 e. The van der Waals surface area contributed by atoms with Crippen LogP contribution in [0, 0.1) is 0 Å². The zero-order chi connectivity index (χ0) is 12.0. The summed E-state index contributed by atoms with van der Waals surface area (Å²) in [4.78, 5) is 1.35. The van der Waals surface area contributed by atoms with Gasteiger partial charge < -0.3 is 5.32 Å². The molecule has 0 aliphatic rings. The topological polar surface area (TPSA) is 12.0 Å². The molecule has 0 aromatic carbocycles. The molecule has 1 rings (SSSR count). The quantitative estimate of drug-likeness (QED) is 0.783. The molecule has 0 spiro atoms. The van der Waals surface area contributed by atoms with Gasteiger partial charge in [-0.05, 0) is 30.3 Å². The molecule has 4 heteroatoms. The fraction of sp³-hybridized carbons (Fsp3) is 0.667. The SMILES string of the molecule is CCCNC(CSC(C)C)c1ccc(Cl)s1. The van der Waals surface area contributed by atoms with Crippen molar-refractivity contribution in [3.63, 3.8) is 0 Å². The van der Waals surface area contributed by atoms with E-state index in [0.29, 0.717) is 11.3 Å². The van der Waals surface area contributed by atoms with Gasteiger partial charge in [-0.15, -0.1) is 11.3 Å². The van der Waals surface area contributed by atoms with Gasteiger partial charge in [0.15, 0.2) is 0 Å². The highest BCUT2D eigenvalue weighted by molar-refractivity contribution is 7.99. The van der Waals surface area contributed by atoms with Gasteiger partial charge in [-0.25, -0.2) is 0 Å². The third-order valence-corrected chi connectivity index (χ3v) is 4.71. The van der Waals surface area contributed by atoms with Crippen molar-refractivity contribution in [1.82, 2.24) is 5.32 Å². The fourth-order valence-electron chi connectivity index (χ4n) is 1.36. The maximum absolute atomic E-state index is 5.99. The van der Waals surface area contributed by atoms with Gasteiger partial charge in [0.1, 0.15) is 0 Å². The molecule has 1 aromatic rings. The number of hydrogen-bond acceptors (Lipinski definition) is 3. The summed E-state index contributed by atoms with van der Waals surface area (Å²) < 4.78 is 0.882. The molecular formula is C12H20ClNS2. The summed E-state index contributed by atoms with van der Waals surface area (Å²) >= 11 is 9.67. The highest BCUT2D eigenvalue weighted by atomic mass is 35.5. The van der Waals surface area contributed by atoms with E-state index in [9.17, 15) is 0 Å². The minimum absolute atomic E-state index is 0.449. The van der Waals surface area contributed by atoms with Crippen molar-refractivity contribution in [3.05, 3.63) is 21.3 Å². The Balaban J connectivity index is 2.55. The van der Waals surface area contributed by atoms with Crippen LogP contribution in [0.5, 0.6) is 0 Å². The van der Waals surface area contributed by atoms with Gasteiger partial charge in [0, 0.05) is 10.6 Å². The predicted molar refractivity (Wildman–Crippen MR) is 78.0 cm³/mol. The van der Waals surface area contributed by atoms with Gasteiger partial charge in [0.2, 0.25) is 0 Å². The molecule has 0 aliphatic carbocycles. The van der Waals surface area contributed by atoms with E-state index in [1.54, 1.807) is 11.3 Å². The summed E-state index contributed by atoms with van der Waals surface area (Å²) in [5.74, 6) is 1.12. The summed E-state index contributed by atoms with van der Waals surface area (Å²) in [5.41, 5.74) is 0.